The number of benzene rings is 3. The van der Waals surface area contributed by atoms with E-state index in [0.717, 1.165) is 15.4 Å². The van der Waals surface area contributed by atoms with Gasteiger partial charge in [0.25, 0.3) is 10.0 Å². The van der Waals surface area contributed by atoms with Crippen LogP contribution in [0.1, 0.15) is 31.9 Å². The third-order valence-corrected chi connectivity index (χ3v) is 7.80. The fourth-order valence-electron chi connectivity index (χ4n) is 3.76. The number of hydrogen-bond acceptors (Lipinski definition) is 4. The van der Waals surface area contributed by atoms with E-state index in [-0.39, 0.29) is 29.1 Å². The molecule has 9 heteroatoms. The van der Waals surface area contributed by atoms with Crippen LogP contribution < -0.4 is 9.62 Å². The second-order valence-corrected chi connectivity index (χ2v) is 11.4. The van der Waals surface area contributed by atoms with Crippen molar-refractivity contribution in [1.82, 2.24) is 10.2 Å². The number of anilines is 1. The first-order valence-corrected chi connectivity index (χ1v) is 13.8. The van der Waals surface area contributed by atoms with Crippen LogP contribution in [0.3, 0.4) is 0 Å². The fraction of sp³-hybridized carbons (Fsp3) is 0.286. The molecule has 0 saturated carbocycles. The number of amides is 2. The van der Waals surface area contributed by atoms with Crippen LogP contribution in [0, 0.1) is 6.92 Å². The maximum absolute atomic E-state index is 13.8. The van der Waals surface area contributed by atoms with Crippen molar-refractivity contribution in [2.24, 2.45) is 0 Å². The van der Waals surface area contributed by atoms with Gasteiger partial charge in [-0.3, -0.25) is 13.9 Å². The van der Waals surface area contributed by atoms with E-state index in [2.05, 4.69) is 5.32 Å². The predicted molar refractivity (Wildman–Crippen MR) is 147 cm³/mol. The number of hydrogen-bond donors (Lipinski definition) is 1. The molecular weight excluding hydrogens is 510 g/mol. The van der Waals surface area contributed by atoms with Crippen LogP contribution in [-0.4, -0.2) is 43.8 Å². The summed E-state index contributed by atoms with van der Waals surface area (Å²) < 4.78 is 28.4. The Kier molecular flexibility index (Phi) is 9.34. The number of halogens is 1. The highest BCUT2D eigenvalue weighted by molar-refractivity contribution is 7.92. The smallest absolute Gasteiger partial charge is 0.264 e. The molecule has 0 aliphatic heterocycles. The lowest BCUT2D eigenvalue weighted by Crippen LogP contribution is -2.52. The number of sulfonamides is 1. The molecule has 0 aliphatic rings. The van der Waals surface area contributed by atoms with Crippen molar-refractivity contribution >= 4 is 39.1 Å². The van der Waals surface area contributed by atoms with Gasteiger partial charge in [-0.1, -0.05) is 65.7 Å². The van der Waals surface area contributed by atoms with Gasteiger partial charge < -0.3 is 10.2 Å². The van der Waals surface area contributed by atoms with Gasteiger partial charge in [0.05, 0.1) is 10.6 Å². The van der Waals surface area contributed by atoms with E-state index in [1.165, 1.54) is 23.1 Å². The van der Waals surface area contributed by atoms with Crippen molar-refractivity contribution in [3.05, 3.63) is 95.0 Å². The van der Waals surface area contributed by atoms with Crippen molar-refractivity contribution in [2.75, 3.05) is 10.8 Å². The van der Waals surface area contributed by atoms with Gasteiger partial charge in [0, 0.05) is 17.6 Å². The summed E-state index contributed by atoms with van der Waals surface area (Å²) in [6.45, 7) is 6.90. The van der Waals surface area contributed by atoms with Crippen LogP contribution >= 0.6 is 11.6 Å². The van der Waals surface area contributed by atoms with Gasteiger partial charge in [0.1, 0.15) is 12.6 Å². The Balaban J connectivity index is 2.01. The Hall–Kier alpha value is -3.36. The zero-order valence-corrected chi connectivity index (χ0v) is 23.0. The lowest BCUT2D eigenvalue weighted by molar-refractivity contribution is -0.139. The summed E-state index contributed by atoms with van der Waals surface area (Å²) in [7, 11) is -4.12. The first kappa shape index (κ1) is 28.2. The van der Waals surface area contributed by atoms with E-state index in [9.17, 15) is 18.0 Å². The van der Waals surface area contributed by atoms with E-state index >= 15 is 0 Å². The minimum atomic E-state index is -4.12. The van der Waals surface area contributed by atoms with E-state index < -0.39 is 28.5 Å². The molecule has 0 aromatic heterocycles. The van der Waals surface area contributed by atoms with Crippen LogP contribution in [0.2, 0.25) is 5.02 Å². The normalized spacial score (nSPS) is 12.2. The second kappa shape index (κ2) is 12.3. The van der Waals surface area contributed by atoms with Gasteiger partial charge in [0.2, 0.25) is 11.8 Å². The molecule has 196 valence electrons. The third kappa shape index (κ3) is 7.33. The Morgan fingerprint density at radius 3 is 2.16 bits per heavy atom. The van der Waals surface area contributed by atoms with Gasteiger partial charge in [-0.25, -0.2) is 8.42 Å². The Bertz CT molecular complexity index is 1330. The maximum atomic E-state index is 13.8. The zero-order valence-electron chi connectivity index (χ0n) is 21.4. The molecule has 37 heavy (non-hydrogen) atoms. The highest BCUT2D eigenvalue weighted by Gasteiger charge is 2.32. The highest BCUT2D eigenvalue weighted by Crippen LogP contribution is 2.26. The number of aryl methyl sites for hydroxylation is 1. The van der Waals surface area contributed by atoms with Crippen molar-refractivity contribution < 1.29 is 18.0 Å². The Morgan fingerprint density at radius 1 is 0.919 bits per heavy atom. The molecule has 0 spiro atoms. The first-order valence-electron chi connectivity index (χ1n) is 12.0. The summed E-state index contributed by atoms with van der Waals surface area (Å²) in [5.41, 5.74) is 2.14. The van der Waals surface area contributed by atoms with Gasteiger partial charge >= 0.3 is 0 Å². The molecule has 0 saturated heterocycles. The molecule has 2 amide bonds. The fourth-order valence-corrected chi connectivity index (χ4v) is 5.37. The molecule has 0 fully saturated rings. The third-order valence-electron chi connectivity index (χ3n) is 5.78. The van der Waals surface area contributed by atoms with Crippen molar-refractivity contribution in [3.63, 3.8) is 0 Å². The first-order chi connectivity index (χ1) is 17.5. The van der Waals surface area contributed by atoms with Crippen molar-refractivity contribution in [2.45, 2.75) is 51.2 Å². The van der Waals surface area contributed by atoms with Crippen LogP contribution in [0.15, 0.2) is 83.8 Å². The average Bonchev–Trinajstić information content (AvgIpc) is 2.86. The van der Waals surface area contributed by atoms with E-state index in [1.807, 2.05) is 45.0 Å². The largest absolute Gasteiger partial charge is 0.352 e. The monoisotopic (exact) mass is 541 g/mol. The van der Waals surface area contributed by atoms with E-state index in [4.69, 9.17) is 11.6 Å². The summed E-state index contributed by atoms with van der Waals surface area (Å²) in [5.74, 6) is -0.845. The van der Waals surface area contributed by atoms with E-state index in [1.54, 1.807) is 43.3 Å². The molecule has 3 rings (SSSR count). The highest BCUT2D eigenvalue weighted by atomic mass is 35.5. The molecule has 0 radical (unpaired) electrons. The summed E-state index contributed by atoms with van der Waals surface area (Å²) in [6.07, 6.45) is 0. The van der Waals surface area contributed by atoms with Crippen molar-refractivity contribution in [1.29, 1.82) is 0 Å². The van der Waals surface area contributed by atoms with Gasteiger partial charge in [-0.05, 0) is 63.6 Å². The van der Waals surface area contributed by atoms with Crippen LogP contribution in [0.5, 0.6) is 0 Å². The van der Waals surface area contributed by atoms with Crippen molar-refractivity contribution in [3.8, 4) is 0 Å². The number of carbonyl (C=O) groups is 2. The Morgan fingerprint density at radius 2 is 1.57 bits per heavy atom. The summed E-state index contributed by atoms with van der Waals surface area (Å²) in [5, 5.41) is 3.17. The quantitative estimate of drug-likeness (QED) is 0.400. The molecule has 3 aromatic carbocycles. The molecule has 0 unspecified atom stereocenters. The summed E-state index contributed by atoms with van der Waals surface area (Å²) >= 11 is 6.17. The number of rotatable bonds is 10. The topological polar surface area (TPSA) is 86.8 Å². The predicted octanol–water partition coefficient (Wildman–Crippen LogP) is 4.79. The average molecular weight is 542 g/mol. The minimum absolute atomic E-state index is 0.0402. The lowest BCUT2D eigenvalue weighted by atomic mass is 10.1. The zero-order chi connectivity index (χ0) is 27.2. The second-order valence-electron chi connectivity index (χ2n) is 9.15. The molecule has 0 bridgehead atoms. The van der Waals surface area contributed by atoms with Gasteiger partial charge in [-0.15, -0.1) is 0 Å². The number of nitrogens with one attached hydrogen (secondary N) is 1. The lowest BCUT2D eigenvalue weighted by Gasteiger charge is -2.32. The molecule has 0 aliphatic carbocycles. The standard InChI is InChI=1S/C28H32ClN3O4S/c1-20(2)30-28(34)22(4)31(18-23-15-13-21(3)14-16-23)27(33)19-32(25-10-8-9-24(29)17-25)37(35,36)26-11-6-5-7-12-26/h5-17,20,22H,18-19H2,1-4H3,(H,30,34)/t22-/m1/s1. The summed E-state index contributed by atoms with van der Waals surface area (Å²) in [6, 6.07) is 20.9. The molecular formula is C28H32ClN3O4S. The maximum Gasteiger partial charge on any atom is 0.264 e. The molecule has 3 aromatic rings. The van der Waals surface area contributed by atoms with Crippen LogP contribution in [-0.2, 0) is 26.2 Å². The van der Waals surface area contributed by atoms with E-state index in [0.29, 0.717) is 5.02 Å². The Labute approximate surface area is 224 Å². The van der Waals surface area contributed by atoms with Gasteiger partial charge in [-0.2, -0.15) is 0 Å². The van der Waals surface area contributed by atoms with Gasteiger partial charge in [0.15, 0.2) is 0 Å². The summed E-state index contributed by atoms with van der Waals surface area (Å²) in [4.78, 5) is 28.2. The number of carbonyl (C=O) groups excluding carboxylic acids is 2. The SMILES string of the molecule is Cc1ccc(CN(C(=O)CN(c2cccc(Cl)c2)S(=O)(=O)c2ccccc2)[C@H](C)C(=O)NC(C)C)cc1. The molecule has 1 N–H and O–H groups in total. The molecule has 7 nitrogen and oxygen atoms in total. The minimum Gasteiger partial charge on any atom is -0.352 e. The molecule has 0 heterocycles. The van der Waals surface area contributed by atoms with Crippen LogP contribution in [0.25, 0.3) is 0 Å². The van der Waals surface area contributed by atoms with Crippen LogP contribution in [0.4, 0.5) is 5.69 Å². The molecule has 1 atom stereocenters. The number of nitrogens with zero attached hydrogens (tertiary/aromatic N) is 2.